The van der Waals surface area contributed by atoms with Gasteiger partial charge in [0, 0.05) is 50.6 Å². The SMILES string of the molecule is NCC(O)CNC(=O)c1cc(-c2c[nH]c3ccc(Br)cc23)nc2cc(Cl)cc(Cl)c12. The van der Waals surface area contributed by atoms with Gasteiger partial charge < -0.3 is 21.1 Å². The molecule has 0 fully saturated rings. The fraction of sp³-hybridized carbons (Fsp3) is 0.143. The molecule has 2 heterocycles. The molecule has 0 aliphatic heterocycles. The zero-order valence-electron chi connectivity index (χ0n) is 15.5. The number of amides is 1. The third kappa shape index (κ3) is 4.04. The Hall–Kier alpha value is -2.16. The number of carbonyl (C=O) groups is 1. The standard InChI is InChI=1S/C21H17BrCl2N4O2/c22-10-1-2-17-13(3-10)15(9-26-17)18-6-14(21(30)27-8-12(29)7-25)20-16(24)4-11(23)5-19(20)28-18/h1-6,9,12,26,29H,7-8,25H2,(H,27,30). The van der Waals surface area contributed by atoms with Crippen LogP contribution >= 0.6 is 39.1 Å². The predicted molar refractivity (Wildman–Crippen MR) is 124 cm³/mol. The molecular weight excluding hydrogens is 491 g/mol. The molecule has 2 aromatic heterocycles. The van der Waals surface area contributed by atoms with Crippen LogP contribution in [-0.4, -0.2) is 40.2 Å². The molecule has 0 radical (unpaired) electrons. The van der Waals surface area contributed by atoms with Gasteiger partial charge in [0.25, 0.3) is 5.91 Å². The molecule has 1 amide bonds. The molecular formula is C21H17BrCl2N4O2. The number of rotatable bonds is 5. The van der Waals surface area contributed by atoms with Gasteiger partial charge in [-0.25, -0.2) is 4.98 Å². The summed E-state index contributed by atoms with van der Waals surface area (Å²) in [6.45, 7) is 0.0723. The van der Waals surface area contributed by atoms with Crippen molar-refractivity contribution in [1.29, 1.82) is 0 Å². The molecule has 5 N–H and O–H groups in total. The van der Waals surface area contributed by atoms with E-state index in [4.69, 9.17) is 33.9 Å². The second-order valence-electron chi connectivity index (χ2n) is 6.83. The van der Waals surface area contributed by atoms with Crippen LogP contribution in [0.15, 0.2) is 47.1 Å². The Morgan fingerprint density at radius 1 is 1.27 bits per heavy atom. The Labute approximate surface area is 190 Å². The summed E-state index contributed by atoms with van der Waals surface area (Å²) < 4.78 is 0.927. The minimum Gasteiger partial charge on any atom is -0.390 e. The Balaban J connectivity index is 1.91. The van der Waals surface area contributed by atoms with Crippen molar-refractivity contribution < 1.29 is 9.90 Å². The van der Waals surface area contributed by atoms with Crippen LogP contribution in [0.1, 0.15) is 10.4 Å². The van der Waals surface area contributed by atoms with E-state index in [0.29, 0.717) is 32.2 Å². The van der Waals surface area contributed by atoms with Crippen LogP contribution in [0, 0.1) is 0 Å². The highest BCUT2D eigenvalue weighted by molar-refractivity contribution is 9.10. The van der Waals surface area contributed by atoms with Gasteiger partial charge >= 0.3 is 0 Å². The maximum absolute atomic E-state index is 13.0. The molecule has 154 valence electrons. The lowest BCUT2D eigenvalue weighted by Gasteiger charge is -2.13. The van der Waals surface area contributed by atoms with Crippen LogP contribution in [-0.2, 0) is 0 Å². The number of benzene rings is 2. The number of aliphatic hydroxyl groups excluding tert-OH is 1. The molecule has 0 spiro atoms. The van der Waals surface area contributed by atoms with E-state index in [1.807, 2.05) is 24.4 Å². The number of H-pyrrole nitrogens is 1. The summed E-state index contributed by atoms with van der Waals surface area (Å²) in [7, 11) is 0. The van der Waals surface area contributed by atoms with E-state index >= 15 is 0 Å². The molecule has 1 atom stereocenters. The van der Waals surface area contributed by atoms with E-state index in [1.165, 1.54) is 0 Å². The maximum Gasteiger partial charge on any atom is 0.252 e. The fourth-order valence-electron chi connectivity index (χ4n) is 3.30. The number of nitrogens with two attached hydrogens (primary N) is 1. The third-order valence-electron chi connectivity index (χ3n) is 4.76. The normalized spacial score (nSPS) is 12.4. The van der Waals surface area contributed by atoms with Gasteiger partial charge in [0.15, 0.2) is 0 Å². The van der Waals surface area contributed by atoms with Crippen molar-refractivity contribution >= 4 is 66.8 Å². The highest BCUT2D eigenvalue weighted by atomic mass is 79.9. The van der Waals surface area contributed by atoms with E-state index < -0.39 is 6.10 Å². The largest absolute Gasteiger partial charge is 0.390 e. The van der Waals surface area contributed by atoms with Gasteiger partial charge in [-0.3, -0.25) is 4.79 Å². The van der Waals surface area contributed by atoms with Crippen molar-refractivity contribution in [3.8, 4) is 11.3 Å². The summed E-state index contributed by atoms with van der Waals surface area (Å²) in [4.78, 5) is 20.9. The number of pyridine rings is 1. The van der Waals surface area contributed by atoms with Crippen molar-refractivity contribution in [2.24, 2.45) is 5.73 Å². The summed E-state index contributed by atoms with van der Waals surface area (Å²) in [5.74, 6) is -0.388. The smallest absolute Gasteiger partial charge is 0.252 e. The molecule has 0 saturated heterocycles. The molecule has 2 aromatic carbocycles. The average Bonchev–Trinajstić information content (AvgIpc) is 3.13. The van der Waals surface area contributed by atoms with Gasteiger partial charge in [-0.1, -0.05) is 39.1 Å². The number of aromatic amines is 1. The zero-order chi connectivity index (χ0) is 21.4. The van der Waals surface area contributed by atoms with Crippen LogP contribution in [0.4, 0.5) is 0 Å². The monoisotopic (exact) mass is 506 g/mol. The number of nitrogens with zero attached hydrogens (tertiary/aromatic N) is 1. The van der Waals surface area contributed by atoms with Gasteiger partial charge in [-0.2, -0.15) is 0 Å². The Kier molecular flexibility index (Phi) is 5.99. The summed E-state index contributed by atoms with van der Waals surface area (Å²) in [5.41, 5.74) is 8.63. The van der Waals surface area contributed by atoms with Gasteiger partial charge in [-0.05, 0) is 36.4 Å². The number of aliphatic hydroxyl groups is 1. The second-order valence-corrected chi connectivity index (χ2v) is 8.59. The van der Waals surface area contributed by atoms with Crippen LogP contribution in [0.25, 0.3) is 33.1 Å². The van der Waals surface area contributed by atoms with Crippen LogP contribution in [0.5, 0.6) is 0 Å². The number of aromatic nitrogens is 2. The summed E-state index contributed by atoms with van der Waals surface area (Å²) in [6.07, 6.45) is 1.01. The molecule has 0 aliphatic carbocycles. The van der Waals surface area contributed by atoms with Crippen LogP contribution < -0.4 is 11.1 Å². The minimum absolute atomic E-state index is 0.0275. The molecule has 0 bridgehead atoms. The van der Waals surface area contributed by atoms with Gasteiger partial charge in [-0.15, -0.1) is 0 Å². The second kappa shape index (κ2) is 8.53. The Morgan fingerprint density at radius 3 is 2.83 bits per heavy atom. The zero-order valence-corrected chi connectivity index (χ0v) is 18.6. The van der Waals surface area contributed by atoms with E-state index in [9.17, 15) is 9.90 Å². The number of hydrogen-bond donors (Lipinski definition) is 4. The molecule has 4 rings (SSSR count). The highest BCUT2D eigenvalue weighted by Crippen LogP contribution is 2.35. The van der Waals surface area contributed by atoms with Gasteiger partial charge in [0.1, 0.15) is 0 Å². The lowest BCUT2D eigenvalue weighted by atomic mass is 10.0. The Bertz CT molecular complexity index is 1280. The summed E-state index contributed by atoms with van der Waals surface area (Å²) in [6, 6.07) is 10.8. The van der Waals surface area contributed by atoms with E-state index in [-0.39, 0.29) is 19.0 Å². The summed E-state index contributed by atoms with van der Waals surface area (Å²) in [5, 5.41) is 14.6. The van der Waals surface area contributed by atoms with Crippen molar-refractivity contribution in [2.45, 2.75) is 6.10 Å². The molecule has 0 saturated carbocycles. The molecule has 0 aliphatic rings. The Morgan fingerprint density at radius 2 is 2.07 bits per heavy atom. The molecule has 1 unspecified atom stereocenters. The number of nitrogens with one attached hydrogen (secondary N) is 2. The minimum atomic E-state index is -0.836. The van der Waals surface area contributed by atoms with Crippen molar-refractivity contribution in [3.63, 3.8) is 0 Å². The predicted octanol–water partition coefficient (Wildman–Crippen LogP) is 4.50. The highest BCUT2D eigenvalue weighted by Gasteiger charge is 2.19. The first-order valence-corrected chi connectivity index (χ1v) is 10.7. The van der Waals surface area contributed by atoms with Gasteiger partial charge in [0.05, 0.1) is 27.9 Å². The molecule has 30 heavy (non-hydrogen) atoms. The first-order chi connectivity index (χ1) is 14.4. The number of fused-ring (bicyclic) bond motifs is 2. The lowest BCUT2D eigenvalue weighted by Crippen LogP contribution is -2.36. The number of carbonyl (C=O) groups excluding carboxylic acids is 1. The lowest BCUT2D eigenvalue weighted by molar-refractivity contribution is 0.0921. The topological polar surface area (TPSA) is 104 Å². The third-order valence-corrected chi connectivity index (χ3v) is 5.77. The number of hydrogen-bond acceptors (Lipinski definition) is 4. The van der Waals surface area contributed by atoms with E-state index in [0.717, 1.165) is 20.9 Å². The summed E-state index contributed by atoms with van der Waals surface area (Å²) >= 11 is 16.1. The average molecular weight is 508 g/mol. The molecule has 9 heteroatoms. The van der Waals surface area contributed by atoms with Crippen molar-refractivity contribution in [1.82, 2.24) is 15.3 Å². The van der Waals surface area contributed by atoms with Crippen molar-refractivity contribution in [3.05, 3.63) is 62.7 Å². The maximum atomic E-state index is 13.0. The van der Waals surface area contributed by atoms with Gasteiger partial charge in [0.2, 0.25) is 0 Å². The van der Waals surface area contributed by atoms with Crippen LogP contribution in [0.2, 0.25) is 10.0 Å². The van der Waals surface area contributed by atoms with E-state index in [2.05, 4.69) is 26.2 Å². The number of halogens is 3. The molecule has 6 nitrogen and oxygen atoms in total. The molecule has 4 aromatic rings. The first kappa shape index (κ1) is 21.1. The van der Waals surface area contributed by atoms with Crippen molar-refractivity contribution in [2.75, 3.05) is 13.1 Å². The van der Waals surface area contributed by atoms with Crippen LogP contribution in [0.3, 0.4) is 0 Å². The first-order valence-electron chi connectivity index (χ1n) is 9.10. The van der Waals surface area contributed by atoms with E-state index in [1.54, 1.807) is 18.2 Å². The quantitative estimate of drug-likeness (QED) is 0.319. The fourth-order valence-corrected chi connectivity index (χ4v) is 4.24.